The maximum absolute atomic E-state index is 9.38. The molecule has 0 saturated heterocycles. The van der Waals surface area contributed by atoms with Crippen LogP contribution < -0.4 is 0 Å². The minimum Gasteiger partial charge on any atom is -0.232 e. The molecule has 6 nitrogen and oxygen atoms in total. The highest BCUT2D eigenvalue weighted by Crippen LogP contribution is 2.34. The number of hydrogen-bond acceptors (Lipinski definition) is 5. The molecular weight excluding hydrogens is 552 g/mol. The lowest BCUT2D eigenvalue weighted by molar-refractivity contribution is 0.979. The molecule has 0 unspecified atom stereocenters. The van der Waals surface area contributed by atoms with Gasteiger partial charge in [-0.15, -0.1) is 0 Å². The molecular formula is C39H24N6. The SMILES string of the molecule is N#Cc1ccc(-c2cc3cc(-c4nc(-c5ccccc5)nc(-c5ccccc5)n4)ccc3c3cc(-c4ccccc4)nn23)cc1. The molecule has 0 amide bonds. The minimum absolute atomic E-state index is 0.600. The highest BCUT2D eigenvalue weighted by atomic mass is 15.2. The van der Waals surface area contributed by atoms with Crippen LogP contribution in [0.1, 0.15) is 5.56 Å². The molecule has 0 aliphatic carbocycles. The van der Waals surface area contributed by atoms with Crippen LogP contribution >= 0.6 is 0 Å². The van der Waals surface area contributed by atoms with Gasteiger partial charge in [0.25, 0.3) is 0 Å². The van der Waals surface area contributed by atoms with Gasteiger partial charge in [-0.2, -0.15) is 10.4 Å². The van der Waals surface area contributed by atoms with Crippen molar-refractivity contribution in [2.75, 3.05) is 0 Å². The summed E-state index contributed by atoms with van der Waals surface area (Å²) in [4.78, 5) is 14.7. The van der Waals surface area contributed by atoms with E-state index in [0.29, 0.717) is 23.0 Å². The summed E-state index contributed by atoms with van der Waals surface area (Å²) in [5.74, 6) is 1.84. The number of nitrogens with zero attached hydrogens (tertiary/aromatic N) is 6. The molecule has 6 heteroatoms. The van der Waals surface area contributed by atoms with E-state index in [1.54, 1.807) is 0 Å². The van der Waals surface area contributed by atoms with E-state index in [1.807, 2.05) is 108 Å². The largest absolute Gasteiger partial charge is 0.232 e. The smallest absolute Gasteiger partial charge is 0.164 e. The Bertz CT molecular complexity index is 2300. The lowest BCUT2D eigenvalue weighted by Crippen LogP contribution is -2.00. The molecule has 45 heavy (non-hydrogen) atoms. The van der Waals surface area contributed by atoms with Gasteiger partial charge in [0.1, 0.15) is 0 Å². The summed E-state index contributed by atoms with van der Waals surface area (Å²) >= 11 is 0. The maximum Gasteiger partial charge on any atom is 0.164 e. The van der Waals surface area contributed by atoms with Crippen molar-refractivity contribution in [1.29, 1.82) is 5.26 Å². The van der Waals surface area contributed by atoms with Crippen LogP contribution in [0.15, 0.2) is 146 Å². The number of fused-ring (bicyclic) bond motifs is 3. The second-order valence-electron chi connectivity index (χ2n) is 10.8. The van der Waals surface area contributed by atoms with Gasteiger partial charge in [-0.25, -0.2) is 19.5 Å². The highest BCUT2D eigenvalue weighted by Gasteiger charge is 2.16. The third-order valence-electron chi connectivity index (χ3n) is 7.89. The van der Waals surface area contributed by atoms with Gasteiger partial charge in [-0.1, -0.05) is 115 Å². The Morgan fingerprint density at radius 2 is 1.02 bits per heavy atom. The quantitative estimate of drug-likeness (QED) is 0.204. The first-order valence-corrected chi connectivity index (χ1v) is 14.6. The molecule has 0 radical (unpaired) electrons. The third-order valence-corrected chi connectivity index (χ3v) is 7.89. The van der Waals surface area contributed by atoms with Gasteiger partial charge in [0.05, 0.1) is 28.5 Å². The van der Waals surface area contributed by atoms with E-state index in [9.17, 15) is 5.26 Å². The van der Waals surface area contributed by atoms with Crippen LogP contribution in [0, 0.1) is 11.3 Å². The van der Waals surface area contributed by atoms with Crippen LogP contribution in [-0.4, -0.2) is 24.6 Å². The molecule has 0 saturated carbocycles. The molecule has 0 aliphatic rings. The molecule has 3 heterocycles. The normalized spacial score (nSPS) is 11.1. The van der Waals surface area contributed by atoms with Gasteiger partial charge < -0.3 is 0 Å². The Hall–Kier alpha value is -6.45. The summed E-state index contributed by atoms with van der Waals surface area (Å²) in [5, 5.41) is 16.5. The average Bonchev–Trinajstić information content (AvgIpc) is 3.58. The van der Waals surface area contributed by atoms with Crippen LogP contribution in [0.5, 0.6) is 0 Å². The predicted molar refractivity (Wildman–Crippen MR) is 178 cm³/mol. The third kappa shape index (κ3) is 4.89. The molecule has 0 N–H and O–H groups in total. The molecule has 0 aliphatic heterocycles. The second kappa shape index (κ2) is 11.0. The Kier molecular flexibility index (Phi) is 6.40. The molecule has 0 fully saturated rings. The lowest BCUT2D eigenvalue weighted by atomic mass is 10.0. The van der Waals surface area contributed by atoms with Crippen LogP contribution in [0.2, 0.25) is 0 Å². The number of aromatic nitrogens is 5. The average molecular weight is 577 g/mol. The number of benzene rings is 5. The van der Waals surface area contributed by atoms with Crippen molar-refractivity contribution < 1.29 is 0 Å². The molecule has 0 atom stereocenters. The summed E-state index contributed by atoms with van der Waals surface area (Å²) in [6.07, 6.45) is 0. The standard InChI is InChI=1S/C39H24N6/c40-25-26-16-18-28(19-17-26)35-23-32-22-31(20-21-33(32)36-24-34(44-45(35)36)27-10-4-1-5-11-27)39-42-37(29-12-6-2-7-13-29)41-38(43-39)30-14-8-3-9-15-30/h1-24H. The monoisotopic (exact) mass is 576 g/mol. The van der Waals surface area contributed by atoms with E-state index < -0.39 is 0 Å². The topological polar surface area (TPSA) is 79.8 Å². The van der Waals surface area contributed by atoms with Crippen LogP contribution in [0.3, 0.4) is 0 Å². The van der Waals surface area contributed by atoms with E-state index in [1.165, 1.54) is 0 Å². The fourth-order valence-electron chi connectivity index (χ4n) is 5.63. The fraction of sp³-hybridized carbons (Fsp3) is 0. The van der Waals surface area contributed by atoms with Crippen molar-refractivity contribution in [3.8, 4) is 62.7 Å². The molecule has 8 rings (SSSR count). The Morgan fingerprint density at radius 1 is 0.489 bits per heavy atom. The lowest BCUT2D eigenvalue weighted by Gasteiger charge is -2.11. The van der Waals surface area contributed by atoms with Gasteiger partial charge in [0.15, 0.2) is 17.5 Å². The first kappa shape index (κ1) is 26.2. The van der Waals surface area contributed by atoms with Gasteiger partial charge in [-0.3, -0.25) is 0 Å². The number of nitriles is 1. The summed E-state index contributed by atoms with van der Waals surface area (Å²) in [6.45, 7) is 0. The second-order valence-corrected chi connectivity index (χ2v) is 10.8. The van der Waals surface area contributed by atoms with E-state index in [0.717, 1.165) is 55.5 Å². The van der Waals surface area contributed by atoms with Crippen molar-refractivity contribution in [2.24, 2.45) is 0 Å². The van der Waals surface area contributed by atoms with E-state index in [4.69, 9.17) is 20.1 Å². The van der Waals surface area contributed by atoms with Crippen molar-refractivity contribution in [3.63, 3.8) is 0 Å². The van der Waals surface area contributed by atoms with Gasteiger partial charge in [0.2, 0.25) is 0 Å². The first-order valence-electron chi connectivity index (χ1n) is 14.6. The zero-order valence-electron chi connectivity index (χ0n) is 24.0. The molecule has 210 valence electrons. The number of rotatable bonds is 5. The Balaban J connectivity index is 1.35. The minimum atomic E-state index is 0.600. The number of hydrogen-bond donors (Lipinski definition) is 0. The van der Waals surface area contributed by atoms with Crippen molar-refractivity contribution in [2.45, 2.75) is 0 Å². The van der Waals surface area contributed by atoms with Gasteiger partial charge in [-0.05, 0) is 35.7 Å². The van der Waals surface area contributed by atoms with E-state index >= 15 is 0 Å². The maximum atomic E-state index is 9.38. The molecule has 0 spiro atoms. The summed E-state index contributed by atoms with van der Waals surface area (Å²) in [6, 6.07) is 50.6. The Morgan fingerprint density at radius 3 is 1.60 bits per heavy atom. The van der Waals surface area contributed by atoms with Crippen molar-refractivity contribution in [1.82, 2.24) is 24.6 Å². The first-order chi connectivity index (χ1) is 22.2. The van der Waals surface area contributed by atoms with Crippen molar-refractivity contribution >= 4 is 16.3 Å². The Labute approximate surface area is 259 Å². The van der Waals surface area contributed by atoms with Crippen LogP contribution in [0.25, 0.3) is 73.0 Å². The highest BCUT2D eigenvalue weighted by molar-refractivity contribution is 6.01. The van der Waals surface area contributed by atoms with Gasteiger partial charge >= 0.3 is 0 Å². The zero-order chi connectivity index (χ0) is 30.2. The van der Waals surface area contributed by atoms with Crippen LogP contribution in [-0.2, 0) is 0 Å². The number of pyridine rings is 1. The molecule has 5 aromatic carbocycles. The fourth-order valence-corrected chi connectivity index (χ4v) is 5.63. The summed E-state index contributed by atoms with van der Waals surface area (Å²) in [7, 11) is 0. The van der Waals surface area contributed by atoms with E-state index in [-0.39, 0.29) is 0 Å². The van der Waals surface area contributed by atoms with E-state index in [2.05, 4.69) is 48.5 Å². The zero-order valence-corrected chi connectivity index (χ0v) is 24.0. The molecule has 0 bridgehead atoms. The van der Waals surface area contributed by atoms with Gasteiger partial charge in [0, 0.05) is 33.2 Å². The summed E-state index contributed by atoms with van der Waals surface area (Å²) in [5.41, 5.74) is 8.16. The molecule has 8 aromatic rings. The molecule has 3 aromatic heterocycles. The van der Waals surface area contributed by atoms with Crippen molar-refractivity contribution in [3.05, 3.63) is 151 Å². The van der Waals surface area contributed by atoms with Crippen LogP contribution in [0.4, 0.5) is 0 Å². The predicted octanol–water partition coefficient (Wildman–Crippen LogP) is 8.88. The summed E-state index contributed by atoms with van der Waals surface area (Å²) < 4.78 is 2.00.